The molecule has 4 nitrogen and oxygen atoms in total. The summed E-state index contributed by atoms with van der Waals surface area (Å²) in [6.45, 7) is 1.54. The summed E-state index contributed by atoms with van der Waals surface area (Å²) in [5.74, 6) is 2.03. The quantitative estimate of drug-likeness (QED) is 0.728. The first kappa shape index (κ1) is 15.6. The highest BCUT2D eigenvalue weighted by Gasteiger charge is 2.28. The van der Waals surface area contributed by atoms with Crippen LogP contribution in [0.2, 0.25) is 0 Å². The molecule has 0 spiro atoms. The van der Waals surface area contributed by atoms with E-state index in [9.17, 15) is 4.79 Å². The van der Waals surface area contributed by atoms with Gasteiger partial charge in [-0.2, -0.15) is 0 Å². The van der Waals surface area contributed by atoms with Gasteiger partial charge in [0.2, 0.25) is 5.91 Å². The van der Waals surface area contributed by atoms with Crippen LogP contribution in [-0.2, 0) is 31.2 Å². The number of aromatic nitrogens is 2. The number of rotatable bonds is 3. The molecule has 0 radical (unpaired) electrons. The molecule has 5 rings (SSSR count). The van der Waals surface area contributed by atoms with E-state index < -0.39 is 0 Å². The number of amides is 1. The molecule has 3 aromatic rings. The summed E-state index contributed by atoms with van der Waals surface area (Å²) in [6, 6.07) is 14.7. The van der Waals surface area contributed by atoms with Gasteiger partial charge in [0.1, 0.15) is 5.82 Å². The molecule has 2 aromatic carbocycles. The van der Waals surface area contributed by atoms with Gasteiger partial charge in [-0.05, 0) is 48.1 Å². The minimum absolute atomic E-state index is 0.206. The van der Waals surface area contributed by atoms with Gasteiger partial charge in [-0.25, -0.2) is 4.98 Å². The molecule has 0 saturated heterocycles. The third kappa shape index (κ3) is 2.70. The summed E-state index contributed by atoms with van der Waals surface area (Å²) in [6.07, 6.45) is 3.90. The molecule has 0 N–H and O–H groups in total. The van der Waals surface area contributed by atoms with Crippen LogP contribution in [0, 0.1) is 0 Å². The molecule has 26 heavy (non-hydrogen) atoms. The number of aryl methyl sites for hydroxylation is 1. The Bertz CT molecular complexity index is 1000. The molecule has 1 aliphatic heterocycles. The number of carbonyl (C=O) groups is 1. The molecule has 0 atom stereocenters. The fraction of sp³-hybridized carbons (Fsp3) is 0.364. The molecule has 1 amide bonds. The fourth-order valence-corrected chi connectivity index (χ4v) is 4.08. The van der Waals surface area contributed by atoms with Crippen molar-refractivity contribution in [1.82, 2.24) is 14.5 Å². The molecule has 1 aliphatic carbocycles. The number of imidazole rings is 1. The van der Waals surface area contributed by atoms with Crippen molar-refractivity contribution in [2.75, 3.05) is 6.54 Å². The fourth-order valence-electron chi connectivity index (χ4n) is 4.08. The van der Waals surface area contributed by atoms with E-state index in [-0.39, 0.29) is 5.91 Å². The van der Waals surface area contributed by atoms with Crippen molar-refractivity contribution in [1.29, 1.82) is 0 Å². The number of nitrogens with zero attached hydrogens (tertiary/aromatic N) is 3. The average Bonchev–Trinajstić information content (AvgIpc) is 3.45. The normalized spacial score (nSPS) is 16.7. The van der Waals surface area contributed by atoms with Crippen molar-refractivity contribution in [3.05, 3.63) is 65.0 Å². The molecule has 2 aliphatic rings. The molecule has 1 fully saturated rings. The lowest BCUT2D eigenvalue weighted by Gasteiger charge is -2.29. The summed E-state index contributed by atoms with van der Waals surface area (Å²) in [5, 5.41) is 0. The number of hydrogen-bond donors (Lipinski definition) is 0. The number of benzene rings is 2. The zero-order chi connectivity index (χ0) is 17.7. The van der Waals surface area contributed by atoms with E-state index in [2.05, 4.69) is 54.1 Å². The smallest absolute Gasteiger partial charge is 0.227 e. The summed E-state index contributed by atoms with van der Waals surface area (Å²) >= 11 is 0. The van der Waals surface area contributed by atoms with E-state index >= 15 is 0 Å². The van der Waals surface area contributed by atoms with Gasteiger partial charge in [-0.1, -0.05) is 30.3 Å². The average molecular weight is 345 g/mol. The Morgan fingerprint density at radius 3 is 2.77 bits per heavy atom. The largest absolute Gasteiger partial charge is 0.338 e. The Labute approximate surface area is 153 Å². The number of hydrogen-bond acceptors (Lipinski definition) is 2. The Morgan fingerprint density at radius 1 is 1.15 bits per heavy atom. The highest BCUT2D eigenvalue weighted by atomic mass is 16.2. The van der Waals surface area contributed by atoms with Crippen LogP contribution in [0.5, 0.6) is 0 Å². The number of fused-ring (bicyclic) bond motifs is 2. The first-order valence-electron chi connectivity index (χ1n) is 9.49. The van der Waals surface area contributed by atoms with Crippen molar-refractivity contribution >= 4 is 16.9 Å². The van der Waals surface area contributed by atoms with Gasteiger partial charge in [0, 0.05) is 26.1 Å². The van der Waals surface area contributed by atoms with Crippen molar-refractivity contribution < 1.29 is 4.79 Å². The van der Waals surface area contributed by atoms with E-state index in [0.29, 0.717) is 12.3 Å². The predicted molar refractivity (Wildman–Crippen MR) is 102 cm³/mol. The first-order chi connectivity index (χ1) is 12.7. The Hall–Kier alpha value is -2.62. The molecular formula is C22H23N3O. The molecule has 0 bridgehead atoms. The first-order valence-corrected chi connectivity index (χ1v) is 9.49. The molecule has 4 heteroatoms. The van der Waals surface area contributed by atoms with Crippen LogP contribution in [0.3, 0.4) is 0 Å². The summed E-state index contributed by atoms with van der Waals surface area (Å²) in [5.41, 5.74) is 5.89. The number of carbonyl (C=O) groups excluding carboxylic acids is 1. The predicted octanol–water partition coefficient (Wildman–Crippen LogP) is 3.58. The second-order valence-electron chi connectivity index (χ2n) is 7.64. The molecule has 0 unspecified atom stereocenters. The van der Waals surface area contributed by atoms with Gasteiger partial charge in [0.05, 0.1) is 17.5 Å². The van der Waals surface area contributed by atoms with Crippen LogP contribution >= 0.6 is 0 Å². The van der Waals surface area contributed by atoms with E-state index in [0.717, 1.165) is 36.1 Å². The van der Waals surface area contributed by atoms with Crippen LogP contribution in [0.4, 0.5) is 0 Å². The minimum Gasteiger partial charge on any atom is -0.338 e. The summed E-state index contributed by atoms with van der Waals surface area (Å²) in [4.78, 5) is 19.6. The summed E-state index contributed by atoms with van der Waals surface area (Å²) in [7, 11) is 2.10. The van der Waals surface area contributed by atoms with Crippen molar-refractivity contribution in [3.8, 4) is 0 Å². The lowest BCUT2D eigenvalue weighted by atomic mass is 9.99. The highest BCUT2D eigenvalue weighted by molar-refractivity contribution is 5.82. The maximum atomic E-state index is 12.8. The van der Waals surface area contributed by atoms with Gasteiger partial charge >= 0.3 is 0 Å². The van der Waals surface area contributed by atoms with Gasteiger partial charge in [-0.3, -0.25) is 4.79 Å². The van der Waals surface area contributed by atoms with Gasteiger partial charge < -0.3 is 9.47 Å². The van der Waals surface area contributed by atoms with E-state index in [1.165, 1.54) is 29.8 Å². The Kier molecular flexibility index (Phi) is 3.59. The summed E-state index contributed by atoms with van der Waals surface area (Å²) < 4.78 is 2.21. The van der Waals surface area contributed by atoms with Crippen LogP contribution < -0.4 is 0 Å². The SMILES string of the molecule is Cn1c(C2CC2)nc2cc(CC(=O)N3CCc4ccccc4C3)ccc21. The van der Waals surface area contributed by atoms with Crippen LogP contribution in [0.1, 0.15) is 41.3 Å². The zero-order valence-electron chi connectivity index (χ0n) is 15.1. The van der Waals surface area contributed by atoms with E-state index in [1.54, 1.807) is 0 Å². The van der Waals surface area contributed by atoms with Gasteiger partial charge in [0.25, 0.3) is 0 Å². The van der Waals surface area contributed by atoms with Crippen LogP contribution in [0.25, 0.3) is 11.0 Å². The molecule has 1 aromatic heterocycles. The van der Waals surface area contributed by atoms with Crippen molar-refractivity contribution in [2.24, 2.45) is 7.05 Å². The maximum Gasteiger partial charge on any atom is 0.227 e. The van der Waals surface area contributed by atoms with E-state index in [4.69, 9.17) is 4.98 Å². The second-order valence-corrected chi connectivity index (χ2v) is 7.64. The zero-order valence-corrected chi connectivity index (χ0v) is 15.1. The molecule has 2 heterocycles. The van der Waals surface area contributed by atoms with Crippen molar-refractivity contribution in [2.45, 2.75) is 38.1 Å². The van der Waals surface area contributed by atoms with Crippen LogP contribution in [0.15, 0.2) is 42.5 Å². The Balaban J connectivity index is 1.35. The molecular weight excluding hydrogens is 322 g/mol. The lowest BCUT2D eigenvalue weighted by Crippen LogP contribution is -2.36. The van der Waals surface area contributed by atoms with E-state index in [1.807, 2.05) is 4.90 Å². The third-order valence-electron chi connectivity index (χ3n) is 5.76. The lowest BCUT2D eigenvalue weighted by molar-refractivity contribution is -0.131. The molecule has 132 valence electrons. The highest BCUT2D eigenvalue weighted by Crippen LogP contribution is 2.40. The third-order valence-corrected chi connectivity index (χ3v) is 5.76. The van der Waals surface area contributed by atoms with Crippen molar-refractivity contribution in [3.63, 3.8) is 0 Å². The maximum absolute atomic E-state index is 12.8. The van der Waals surface area contributed by atoms with Gasteiger partial charge in [-0.15, -0.1) is 0 Å². The standard InChI is InChI=1S/C22H23N3O/c1-24-20-9-6-15(12-19(20)23-22(24)17-7-8-17)13-21(26)25-11-10-16-4-2-3-5-18(16)14-25/h2-6,9,12,17H,7-8,10-11,13-14H2,1H3. The van der Waals surface area contributed by atoms with Crippen LogP contribution in [-0.4, -0.2) is 26.9 Å². The second kappa shape index (κ2) is 5.97. The molecule has 1 saturated carbocycles. The topological polar surface area (TPSA) is 38.1 Å². The Morgan fingerprint density at radius 2 is 1.96 bits per heavy atom. The minimum atomic E-state index is 0.206. The van der Waals surface area contributed by atoms with Gasteiger partial charge in [0.15, 0.2) is 0 Å². The monoisotopic (exact) mass is 345 g/mol.